The molecule has 19 heavy (non-hydrogen) atoms. The fourth-order valence-electron chi connectivity index (χ4n) is 1.84. The second kappa shape index (κ2) is 5.83. The van der Waals surface area contributed by atoms with Gasteiger partial charge in [0.25, 0.3) is 5.91 Å². The van der Waals surface area contributed by atoms with Crippen molar-refractivity contribution < 1.29 is 23.8 Å². The fourth-order valence-corrected chi connectivity index (χ4v) is 2.54. The Morgan fingerprint density at radius 2 is 2.21 bits per heavy atom. The lowest BCUT2D eigenvalue weighted by Gasteiger charge is -2.31. The van der Waals surface area contributed by atoms with Gasteiger partial charge >= 0.3 is 5.97 Å². The summed E-state index contributed by atoms with van der Waals surface area (Å²) in [6, 6.07) is 4.36. The van der Waals surface area contributed by atoms with Crippen LogP contribution in [0.2, 0.25) is 0 Å². The molecule has 5 nitrogen and oxygen atoms in total. The first kappa shape index (κ1) is 14.2. The molecule has 0 aliphatic carbocycles. The molecule has 1 heterocycles. The molecule has 1 unspecified atom stereocenters. The zero-order chi connectivity index (χ0) is 14.0. The van der Waals surface area contributed by atoms with Crippen LogP contribution in [0.25, 0.3) is 0 Å². The van der Waals surface area contributed by atoms with E-state index in [1.807, 2.05) is 22.6 Å². The highest BCUT2D eigenvalue weighted by molar-refractivity contribution is 14.1. The van der Waals surface area contributed by atoms with E-state index in [1.165, 1.54) is 17.0 Å². The van der Waals surface area contributed by atoms with Crippen molar-refractivity contribution in [1.82, 2.24) is 4.90 Å². The average Bonchev–Trinajstić information content (AvgIpc) is 2.38. The molecule has 1 aromatic carbocycles. The Hall–Kier alpha value is -1.22. The molecule has 0 spiro atoms. The van der Waals surface area contributed by atoms with Crippen molar-refractivity contribution in [3.8, 4) is 0 Å². The number of carboxylic acid groups (broad SMARTS) is 1. The molecular formula is C12H11FINO4. The van der Waals surface area contributed by atoms with Gasteiger partial charge in [0, 0.05) is 10.1 Å². The Bertz CT molecular complexity index is 502. The van der Waals surface area contributed by atoms with Crippen molar-refractivity contribution in [3.05, 3.63) is 33.1 Å². The van der Waals surface area contributed by atoms with Crippen LogP contribution in [-0.2, 0) is 9.53 Å². The number of hydrogen-bond donors (Lipinski definition) is 1. The molecule has 1 amide bonds. The summed E-state index contributed by atoms with van der Waals surface area (Å²) in [5, 5.41) is 8.88. The number of nitrogens with zero attached hydrogens (tertiary/aromatic N) is 1. The van der Waals surface area contributed by atoms with E-state index in [-0.39, 0.29) is 25.3 Å². The van der Waals surface area contributed by atoms with Crippen LogP contribution in [0.1, 0.15) is 10.4 Å². The molecule has 2 rings (SSSR count). The van der Waals surface area contributed by atoms with E-state index in [0.717, 1.165) is 0 Å². The Labute approximate surface area is 122 Å². The first-order valence-corrected chi connectivity index (χ1v) is 6.66. The predicted molar refractivity (Wildman–Crippen MR) is 72.4 cm³/mol. The van der Waals surface area contributed by atoms with Gasteiger partial charge < -0.3 is 14.7 Å². The minimum absolute atomic E-state index is 0.0193. The summed E-state index contributed by atoms with van der Waals surface area (Å²) in [7, 11) is 0. The van der Waals surface area contributed by atoms with Crippen LogP contribution in [0, 0.1) is 9.39 Å². The van der Waals surface area contributed by atoms with E-state index in [1.54, 1.807) is 6.07 Å². The van der Waals surface area contributed by atoms with E-state index < -0.39 is 23.8 Å². The minimum Gasteiger partial charge on any atom is -0.479 e. The van der Waals surface area contributed by atoms with Gasteiger partial charge in [-0.1, -0.05) is 6.07 Å². The molecule has 1 fully saturated rings. The number of carbonyl (C=O) groups is 2. The average molecular weight is 379 g/mol. The third-order valence-electron chi connectivity index (χ3n) is 2.81. The third-order valence-corrected chi connectivity index (χ3v) is 3.70. The zero-order valence-corrected chi connectivity index (χ0v) is 12.0. The van der Waals surface area contributed by atoms with Crippen molar-refractivity contribution >= 4 is 34.5 Å². The molecular weight excluding hydrogens is 368 g/mol. The first-order chi connectivity index (χ1) is 9.00. The molecule has 1 atom stereocenters. The predicted octanol–water partition coefficient (Wildman–Crippen LogP) is 1.36. The molecule has 0 saturated carbocycles. The van der Waals surface area contributed by atoms with E-state index >= 15 is 0 Å². The van der Waals surface area contributed by atoms with Crippen LogP contribution in [0.4, 0.5) is 4.39 Å². The Kier molecular flexibility index (Phi) is 4.35. The van der Waals surface area contributed by atoms with E-state index in [2.05, 4.69) is 0 Å². The summed E-state index contributed by atoms with van der Waals surface area (Å²) in [6.45, 7) is 0.319. The standard InChI is InChI=1S/C12H11FINO4/c13-7-2-1-3-8(14)10(7)11(16)15-4-5-19-9(6-15)12(17)18/h1-3,9H,4-6H2,(H,17,18). The van der Waals surface area contributed by atoms with Crippen LogP contribution >= 0.6 is 22.6 Å². The highest BCUT2D eigenvalue weighted by atomic mass is 127. The van der Waals surface area contributed by atoms with E-state index in [9.17, 15) is 14.0 Å². The van der Waals surface area contributed by atoms with Crippen molar-refractivity contribution in [2.24, 2.45) is 0 Å². The lowest BCUT2D eigenvalue weighted by molar-refractivity contribution is -0.154. The highest BCUT2D eigenvalue weighted by Gasteiger charge is 2.31. The first-order valence-electron chi connectivity index (χ1n) is 5.58. The lowest BCUT2D eigenvalue weighted by atomic mass is 10.1. The summed E-state index contributed by atoms with van der Waals surface area (Å²) in [5.74, 6) is -2.23. The molecule has 7 heteroatoms. The maximum atomic E-state index is 13.7. The third kappa shape index (κ3) is 3.03. The van der Waals surface area contributed by atoms with E-state index in [4.69, 9.17) is 9.84 Å². The number of benzene rings is 1. The number of amides is 1. The molecule has 0 radical (unpaired) electrons. The molecule has 0 aromatic heterocycles. The zero-order valence-electron chi connectivity index (χ0n) is 9.81. The molecule has 0 bridgehead atoms. The van der Waals surface area contributed by atoms with Crippen LogP contribution in [0.5, 0.6) is 0 Å². The number of carboxylic acids is 1. The van der Waals surface area contributed by atoms with Gasteiger partial charge in [0.15, 0.2) is 6.10 Å². The van der Waals surface area contributed by atoms with Gasteiger partial charge in [0.05, 0.1) is 18.7 Å². The largest absolute Gasteiger partial charge is 0.479 e. The highest BCUT2D eigenvalue weighted by Crippen LogP contribution is 2.19. The summed E-state index contributed by atoms with van der Waals surface area (Å²) < 4.78 is 19.2. The quantitative estimate of drug-likeness (QED) is 0.789. The van der Waals surface area contributed by atoms with Gasteiger partial charge in [-0.25, -0.2) is 9.18 Å². The van der Waals surface area contributed by atoms with Gasteiger partial charge in [-0.2, -0.15) is 0 Å². The van der Waals surface area contributed by atoms with E-state index in [0.29, 0.717) is 3.57 Å². The Morgan fingerprint density at radius 3 is 2.84 bits per heavy atom. The Morgan fingerprint density at radius 1 is 1.47 bits per heavy atom. The normalized spacial score (nSPS) is 19.3. The molecule has 1 saturated heterocycles. The Balaban J connectivity index is 2.22. The van der Waals surface area contributed by atoms with Gasteiger partial charge in [-0.05, 0) is 34.7 Å². The number of carbonyl (C=O) groups excluding carboxylic acids is 1. The molecule has 1 aromatic rings. The van der Waals surface area contributed by atoms with Gasteiger partial charge in [0.1, 0.15) is 5.82 Å². The van der Waals surface area contributed by atoms with Crippen molar-refractivity contribution in [1.29, 1.82) is 0 Å². The second-order valence-corrected chi connectivity index (χ2v) is 5.21. The number of halogens is 2. The van der Waals surface area contributed by atoms with Gasteiger partial charge in [-0.15, -0.1) is 0 Å². The van der Waals surface area contributed by atoms with Crippen molar-refractivity contribution in [3.63, 3.8) is 0 Å². The lowest BCUT2D eigenvalue weighted by Crippen LogP contribution is -2.48. The second-order valence-electron chi connectivity index (χ2n) is 4.05. The fraction of sp³-hybridized carbons (Fsp3) is 0.333. The summed E-state index contributed by atoms with van der Waals surface area (Å²) in [5.41, 5.74) is -0.0193. The van der Waals surface area contributed by atoms with Gasteiger partial charge in [0.2, 0.25) is 0 Å². The van der Waals surface area contributed by atoms with Crippen LogP contribution in [0.3, 0.4) is 0 Å². The topological polar surface area (TPSA) is 66.8 Å². The van der Waals surface area contributed by atoms with Crippen molar-refractivity contribution in [2.45, 2.75) is 6.10 Å². The smallest absolute Gasteiger partial charge is 0.334 e. The van der Waals surface area contributed by atoms with Crippen LogP contribution in [-0.4, -0.2) is 47.7 Å². The minimum atomic E-state index is -1.12. The van der Waals surface area contributed by atoms with Crippen molar-refractivity contribution in [2.75, 3.05) is 19.7 Å². The summed E-state index contributed by atoms with van der Waals surface area (Å²) in [6.07, 6.45) is -1.05. The van der Waals surface area contributed by atoms with Crippen LogP contribution < -0.4 is 0 Å². The number of rotatable bonds is 2. The maximum absolute atomic E-state index is 13.7. The summed E-state index contributed by atoms with van der Waals surface area (Å²) in [4.78, 5) is 24.4. The molecule has 1 aliphatic rings. The monoisotopic (exact) mass is 379 g/mol. The SMILES string of the molecule is O=C(O)C1CN(C(=O)c2c(F)cccc2I)CCO1. The number of morpholine rings is 1. The summed E-state index contributed by atoms with van der Waals surface area (Å²) >= 11 is 1.88. The molecule has 1 N–H and O–H groups in total. The molecule has 1 aliphatic heterocycles. The number of ether oxygens (including phenoxy) is 1. The van der Waals surface area contributed by atoms with Gasteiger partial charge in [-0.3, -0.25) is 4.79 Å². The number of hydrogen-bond acceptors (Lipinski definition) is 3. The maximum Gasteiger partial charge on any atom is 0.334 e. The van der Waals surface area contributed by atoms with Crippen LogP contribution in [0.15, 0.2) is 18.2 Å². The number of aliphatic carboxylic acids is 1. The molecule has 102 valence electrons.